The Morgan fingerprint density at radius 1 is 1.29 bits per heavy atom. The Balaban J connectivity index is 0.00000400. The molecule has 1 unspecified atom stereocenters. The van der Waals surface area contributed by atoms with E-state index in [4.69, 9.17) is 14.6 Å². The molecule has 0 bridgehead atoms. The van der Waals surface area contributed by atoms with E-state index in [0.717, 1.165) is 11.3 Å². The van der Waals surface area contributed by atoms with Gasteiger partial charge in [0.1, 0.15) is 6.04 Å². The van der Waals surface area contributed by atoms with E-state index < -0.39 is 12.0 Å². The molecule has 1 aromatic carbocycles. The largest absolute Gasteiger partial charge is 0.490 e. The second-order valence-electron chi connectivity index (χ2n) is 4.33. The molecule has 0 heterocycles. The molecule has 0 spiro atoms. The maximum absolute atomic E-state index is 11.0. The van der Waals surface area contributed by atoms with Crippen LogP contribution in [0.2, 0.25) is 0 Å². The van der Waals surface area contributed by atoms with Crippen LogP contribution >= 0.6 is 12.4 Å². The predicted octanol–water partition coefficient (Wildman–Crippen LogP) is 2.51. The van der Waals surface area contributed by atoms with E-state index in [2.05, 4.69) is 5.32 Å². The summed E-state index contributed by atoms with van der Waals surface area (Å²) in [5.41, 5.74) is 0.972. The number of aliphatic carboxylic acids is 1. The van der Waals surface area contributed by atoms with Crippen molar-refractivity contribution in [2.75, 3.05) is 20.3 Å². The van der Waals surface area contributed by atoms with Gasteiger partial charge in [0.15, 0.2) is 11.5 Å². The molecule has 0 aromatic heterocycles. The number of para-hydroxylation sites is 1. The van der Waals surface area contributed by atoms with Crippen LogP contribution in [-0.4, -0.2) is 37.4 Å². The Morgan fingerprint density at radius 2 is 1.95 bits per heavy atom. The Labute approximate surface area is 132 Å². The number of nitrogens with one attached hydrogen (secondary N) is 1. The van der Waals surface area contributed by atoms with Crippen LogP contribution in [0.5, 0.6) is 11.5 Å². The van der Waals surface area contributed by atoms with E-state index >= 15 is 0 Å². The van der Waals surface area contributed by atoms with Gasteiger partial charge in [-0.3, -0.25) is 4.79 Å². The molecule has 0 amide bonds. The Hall–Kier alpha value is -1.46. The van der Waals surface area contributed by atoms with Gasteiger partial charge in [-0.05, 0) is 45.4 Å². The minimum atomic E-state index is -0.841. The molecule has 1 aromatic rings. The van der Waals surface area contributed by atoms with Crippen molar-refractivity contribution in [1.82, 2.24) is 5.32 Å². The summed E-state index contributed by atoms with van der Waals surface area (Å²) in [4.78, 5) is 11.0. The van der Waals surface area contributed by atoms with Crippen molar-refractivity contribution >= 4 is 18.4 Å². The first-order chi connectivity index (χ1) is 9.63. The highest BCUT2D eigenvalue weighted by Crippen LogP contribution is 2.32. The first-order valence-corrected chi connectivity index (χ1v) is 6.91. The van der Waals surface area contributed by atoms with Crippen LogP contribution in [0.3, 0.4) is 0 Å². The second kappa shape index (κ2) is 10.3. The van der Waals surface area contributed by atoms with Gasteiger partial charge in [-0.2, -0.15) is 0 Å². The van der Waals surface area contributed by atoms with E-state index in [1.54, 1.807) is 7.05 Å². The fourth-order valence-corrected chi connectivity index (χ4v) is 2.03. The van der Waals surface area contributed by atoms with Crippen molar-refractivity contribution in [3.8, 4) is 11.5 Å². The molecule has 21 heavy (non-hydrogen) atoms. The average Bonchev–Trinajstić information content (AvgIpc) is 2.42. The lowest BCUT2D eigenvalue weighted by Crippen LogP contribution is -2.34. The highest BCUT2D eigenvalue weighted by Gasteiger charge is 2.17. The molecule has 0 aliphatic carbocycles. The third-order valence-electron chi connectivity index (χ3n) is 3.00. The summed E-state index contributed by atoms with van der Waals surface area (Å²) < 4.78 is 11.2. The number of rotatable bonds is 9. The fourth-order valence-electron chi connectivity index (χ4n) is 2.03. The van der Waals surface area contributed by atoms with Crippen LogP contribution < -0.4 is 14.8 Å². The summed E-state index contributed by atoms with van der Waals surface area (Å²) in [6.07, 6.45) is 1.12. The number of benzene rings is 1. The summed E-state index contributed by atoms with van der Waals surface area (Å²) in [5.74, 6) is 0.590. The standard InChI is InChI=1S/C15H23NO4.ClH/c1-4-19-13-8-6-7-11(14(13)20-5-2)9-10-12(16-3)15(17)18;/h6-8,12,16H,4-5,9-10H2,1-3H3,(H,17,18);1H. The summed E-state index contributed by atoms with van der Waals surface area (Å²) in [7, 11) is 1.65. The van der Waals surface area contributed by atoms with Gasteiger partial charge < -0.3 is 19.9 Å². The summed E-state index contributed by atoms with van der Waals surface area (Å²) in [5, 5.41) is 11.8. The third-order valence-corrected chi connectivity index (χ3v) is 3.00. The van der Waals surface area contributed by atoms with Crippen LogP contribution in [0, 0.1) is 0 Å². The molecule has 0 fully saturated rings. The van der Waals surface area contributed by atoms with Gasteiger partial charge in [0, 0.05) is 0 Å². The van der Waals surface area contributed by atoms with Gasteiger partial charge in [-0.1, -0.05) is 12.1 Å². The number of carboxylic acid groups (broad SMARTS) is 1. The Kier molecular flexibility index (Phi) is 9.58. The number of aryl methyl sites for hydroxylation is 1. The van der Waals surface area contributed by atoms with E-state index in [9.17, 15) is 4.79 Å². The van der Waals surface area contributed by atoms with Crippen molar-refractivity contribution in [1.29, 1.82) is 0 Å². The van der Waals surface area contributed by atoms with Crippen LogP contribution in [0.25, 0.3) is 0 Å². The summed E-state index contributed by atoms with van der Waals surface area (Å²) >= 11 is 0. The highest BCUT2D eigenvalue weighted by molar-refractivity contribution is 5.85. The zero-order valence-electron chi connectivity index (χ0n) is 12.7. The lowest BCUT2D eigenvalue weighted by atomic mass is 10.0. The molecule has 1 rings (SSSR count). The molecule has 6 heteroatoms. The molecule has 0 aliphatic heterocycles. The van der Waals surface area contributed by atoms with Crippen molar-refractivity contribution in [2.45, 2.75) is 32.7 Å². The van der Waals surface area contributed by atoms with Gasteiger partial charge in [0.05, 0.1) is 13.2 Å². The molecular weight excluding hydrogens is 294 g/mol. The number of hydrogen-bond acceptors (Lipinski definition) is 4. The van der Waals surface area contributed by atoms with Gasteiger partial charge in [0.2, 0.25) is 0 Å². The molecule has 5 nitrogen and oxygen atoms in total. The molecule has 0 aliphatic rings. The number of likely N-dealkylation sites (N-methyl/N-ethyl adjacent to an activating group) is 1. The first kappa shape index (κ1) is 19.5. The van der Waals surface area contributed by atoms with Crippen molar-refractivity contribution in [3.05, 3.63) is 23.8 Å². The third kappa shape index (κ3) is 5.81. The average molecular weight is 318 g/mol. The minimum Gasteiger partial charge on any atom is -0.490 e. The molecule has 0 radical (unpaired) electrons. The topological polar surface area (TPSA) is 67.8 Å². The number of halogens is 1. The smallest absolute Gasteiger partial charge is 0.320 e. The molecule has 2 N–H and O–H groups in total. The van der Waals surface area contributed by atoms with Crippen molar-refractivity contribution in [3.63, 3.8) is 0 Å². The lowest BCUT2D eigenvalue weighted by molar-refractivity contribution is -0.139. The summed E-state index contributed by atoms with van der Waals surface area (Å²) in [6.45, 7) is 4.95. The molecule has 0 saturated carbocycles. The van der Waals surface area contributed by atoms with Gasteiger partial charge >= 0.3 is 5.97 Å². The Morgan fingerprint density at radius 3 is 2.48 bits per heavy atom. The molecule has 0 saturated heterocycles. The number of ether oxygens (including phenoxy) is 2. The molecule has 120 valence electrons. The number of carboxylic acids is 1. The number of hydrogen-bond donors (Lipinski definition) is 2. The van der Waals surface area contributed by atoms with Crippen LogP contribution in [0.15, 0.2) is 18.2 Å². The van der Waals surface area contributed by atoms with E-state index in [1.165, 1.54) is 0 Å². The van der Waals surface area contributed by atoms with Gasteiger partial charge in [0.25, 0.3) is 0 Å². The number of carbonyl (C=O) groups is 1. The van der Waals surface area contributed by atoms with Gasteiger partial charge in [-0.15, -0.1) is 12.4 Å². The Bertz CT molecular complexity index is 440. The van der Waals surface area contributed by atoms with Crippen molar-refractivity contribution < 1.29 is 19.4 Å². The van der Waals surface area contributed by atoms with E-state index in [1.807, 2.05) is 32.0 Å². The first-order valence-electron chi connectivity index (χ1n) is 6.91. The SMILES string of the molecule is CCOc1cccc(CCC(NC)C(=O)O)c1OCC.Cl. The quantitative estimate of drug-likeness (QED) is 0.732. The van der Waals surface area contributed by atoms with Crippen molar-refractivity contribution in [2.24, 2.45) is 0 Å². The molecular formula is C15H24ClNO4. The van der Waals surface area contributed by atoms with Crippen LogP contribution in [-0.2, 0) is 11.2 Å². The second-order valence-corrected chi connectivity index (χ2v) is 4.33. The zero-order valence-corrected chi connectivity index (χ0v) is 13.5. The molecule has 1 atom stereocenters. The van der Waals surface area contributed by atoms with Crippen LogP contribution in [0.4, 0.5) is 0 Å². The maximum atomic E-state index is 11.0. The van der Waals surface area contributed by atoms with Gasteiger partial charge in [-0.25, -0.2) is 0 Å². The normalized spacial score (nSPS) is 11.4. The lowest BCUT2D eigenvalue weighted by Gasteiger charge is -2.16. The summed E-state index contributed by atoms with van der Waals surface area (Å²) in [6, 6.07) is 5.16. The highest BCUT2D eigenvalue weighted by atomic mass is 35.5. The van der Waals surface area contributed by atoms with E-state index in [-0.39, 0.29) is 12.4 Å². The zero-order chi connectivity index (χ0) is 15.0. The fraction of sp³-hybridized carbons (Fsp3) is 0.533. The minimum absolute atomic E-state index is 0. The maximum Gasteiger partial charge on any atom is 0.320 e. The van der Waals surface area contributed by atoms with E-state index in [0.29, 0.717) is 31.8 Å². The van der Waals surface area contributed by atoms with Crippen LogP contribution in [0.1, 0.15) is 25.8 Å². The monoisotopic (exact) mass is 317 g/mol. The predicted molar refractivity (Wildman–Crippen MR) is 84.8 cm³/mol.